The Morgan fingerprint density at radius 1 is 0.909 bits per heavy atom. The predicted octanol–water partition coefficient (Wildman–Crippen LogP) is 5.50. The fourth-order valence-corrected chi connectivity index (χ4v) is 5.24. The molecule has 5 rings (SSSR count). The molecule has 3 aromatic carbocycles. The monoisotopic (exact) mass is 440 g/mol. The van der Waals surface area contributed by atoms with Crippen molar-refractivity contribution in [2.75, 3.05) is 6.54 Å². The second-order valence-electron chi connectivity index (χ2n) is 9.57. The Labute approximate surface area is 196 Å². The summed E-state index contributed by atoms with van der Waals surface area (Å²) in [4.78, 5) is 15.3. The van der Waals surface area contributed by atoms with Gasteiger partial charge >= 0.3 is 0 Å². The summed E-state index contributed by atoms with van der Waals surface area (Å²) < 4.78 is 6.57. The van der Waals surface area contributed by atoms with Gasteiger partial charge in [0.2, 0.25) is 0 Å². The van der Waals surface area contributed by atoms with Gasteiger partial charge in [-0.3, -0.25) is 9.69 Å². The summed E-state index contributed by atoms with van der Waals surface area (Å²) in [7, 11) is 0. The molecule has 0 radical (unpaired) electrons. The molecule has 33 heavy (non-hydrogen) atoms. The first-order chi connectivity index (χ1) is 16.1. The Bertz CT molecular complexity index is 1050. The van der Waals surface area contributed by atoms with E-state index in [2.05, 4.69) is 70.9 Å². The van der Waals surface area contributed by atoms with E-state index in [1.165, 1.54) is 11.1 Å². The summed E-state index contributed by atoms with van der Waals surface area (Å²) in [5.74, 6) is 0.696. The van der Waals surface area contributed by atoms with Crippen LogP contribution in [-0.4, -0.2) is 29.0 Å². The molecule has 1 fully saturated rings. The number of aryl methyl sites for hydroxylation is 1. The van der Waals surface area contributed by atoms with Gasteiger partial charge in [-0.15, -0.1) is 0 Å². The number of carbonyl (C=O) groups excluding carboxylic acids is 1. The van der Waals surface area contributed by atoms with Gasteiger partial charge in [-0.2, -0.15) is 0 Å². The Balaban J connectivity index is 1.33. The van der Waals surface area contributed by atoms with E-state index in [4.69, 9.17) is 4.74 Å². The van der Waals surface area contributed by atoms with Crippen LogP contribution in [0.4, 0.5) is 0 Å². The van der Waals surface area contributed by atoms with Crippen LogP contribution in [0.3, 0.4) is 0 Å². The molecule has 0 atom stereocenters. The zero-order valence-corrected chi connectivity index (χ0v) is 19.3. The van der Waals surface area contributed by atoms with Crippen molar-refractivity contribution < 1.29 is 9.53 Å². The first kappa shape index (κ1) is 21.7. The quantitative estimate of drug-likeness (QED) is 0.570. The third-order valence-corrected chi connectivity index (χ3v) is 7.12. The van der Waals surface area contributed by atoms with Crippen LogP contribution < -0.4 is 10.1 Å². The molecule has 1 N–H and O–H groups in total. The van der Waals surface area contributed by atoms with Crippen LogP contribution in [0.15, 0.2) is 78.9 Å². The summed E-state index contributed by atoms with van der Waals surface area (Å²) in [5.41, 5.74) is 4.10. The molecule has 0 bridgehead atoms. The highest BCUT2D eigenvalue weighted by Gasteiger charge is 2.41. The lowest BCUT2D eigenvalue weighted by atomic mass is 9.81. The lowest BCUT2D eigenvalue weighted by Gasteiger charge is -2.43. The molecule has 4 nitrogen and oxygen atoms in total. The van der Waals surface area contributed by atoms with E-state index in [1.54, 1.807) is 0 Å². The van der Waals surface area contributed by atoms with Crippen molar-refractivity contribution in [2.24, 2.45) is 0 Å². The minimum Gasteiger partial charge on any atom is -0.485 e. The molecule has 3 aromatic rings. The third-order valence-electron chi connectivity index (χ3n) is 7.12. The first-order valence-electron chi connectivity index (χ1n) is 12.0. The fourth-order valence-electron chi connectivity index (χ4n) is 5.24. The normalized spacial score (nSPS) is 22.4. The second kappa shape index (κ2) is 9.40. The van der Waals surface area contributed by atoms with Crippen LogP contribution in [0.1, 0.15) is 52.7 Å². The number of rotatable bonds is 5. The van der Waals surface area contributed by atoms with Crippen LogP contribution in [0.25, 0.3) is 0 Å². The van der Waals surface area contributed by atoms with Crippen LogP contribution in [0.2, 0.25) is 0 Å². The number of benzene rings is 3. The van der Waals surface area contributed by atoms with E-state index in [0.717, 1.165) is 50.1 Å². The van der Waals surface area contributed by atoms with Crippen molar-refractivity contribution in [1.29, 1.82) is 0 Å². The number of amides is 1. The minimum absolute atomic E-state index is 0.0255. The van der Waals surface area contributed by atoms with Gasteiger partial charge in [0.25, 0.3) is 5.91 Å². The number of nitrogens with zero attached hydrogens (tertiary/aromatic N) is 1. The first-order valence-corrected chi connectivity index (χ1v) is 12.0. The van der Waals surface area contributed by atoms with Gasteiger partial charge in [-0.05, 0) is 55.9 Å². The second-order valence-corrected chi connectivity index (χ2v) is 9.57. The van der Waals surface area contributed by atoms with Gasteiger partial charge in [-0.25, -0.2) is 0 Å². The number of hydrogen-bond acceptors (Lipinski definition) is 3. The molecule has 2 aliphatic rings. The molecule has 4 heteroatoms. The van der Waals surface area contributed by atoms with Crippen LogP contribution in [0.5, 0.6) is 5.75 Å². The molecule has 1 amide bonds. The summed E-state index contributed by atoms with van der Waals surface area (Å²) in [6.07, 6.45) is 3.98. The molecule has 1 heterocycles. The van der Waals surface area contributed by atoms with E-state index in [9.17, 15) is 4.79 Å². The lowest BCUT2D eigenvalue weighted by molar-refractivity contribution is 0.00213. The zero-order chi connectivity index (χ0) is 22.7. The highest BCUT2D eigenvalue weighted by atomic mass is 16.5. The number of ether oxygens (including phenoxy) is 1. The van der Waals surface area contributed by atoms with Crippen molar-refractivity contribution in [2.45, 2.75) is 57.3 Å². The Kier molecular flexibility index (Phi) is 6.19. The Morgan fingerprint density at radius 3 is 2.12 bits per heavy atom. The largest absolute Gasteiger partial charge is 0.485 e. The van der Waals surface area contributed by atoms with Gasteiger partial charge in [-0.1, -0.05) is 72.3 Å². The van der Waals surface area contributed by atoms with Crippen molar-refractivity contribution >= 4 is 5.91 Å². The van der Waals surface area contributed by atoms with Crippen molar-refractivity contribution in [3.8, 4) is 5.75 Å². The third kappa shape index (κ3) is 4.96. The van der Waals surface area contributed by atoms with Crippen LogP contribution >= 0.6 is 0 Å². The molecule has 1 spiro atoms. The van der Waals surface area contributed by atoms with Gasteiger partial charge in [0.1, 0.15) is 11.4 Å². The van der Waals surface area contributed by atoms with Crippen LogP contribution in [-0.2, 0) is 13.1 Å². The average Bonchev–Trinajstić information content (AvgIpc) is 2.97. The number of carbonyl (C=O) groups is 1. The maximum absolute atomic E-state index is 12.7. The van der Waals surface area contributed by atoms with Crippen molar-refractivity contribution in [3.63, 3.8) is 0 Å². The molecule has 0 aromatic heterocycles. The van der Waals surface area contributed by atoms with Gasteiger partial charge in [0, 0.05) is 19.1 Å². The molecule has 1 saturated carbocycles. The Hall–Kier alpha value is -3.11. The minimum atomic E-state index is -0.322. The fraction of sp³-hybridized carbons (Fsp3) is 0.345. The molecular formula is C29H32N2O2. The molecular weight excluding hydrogens is 408 g/mol. The van der Waals surface area contributed by atoms with Gasteiger partial charge < -0.3 is 10.1 Å². The van der Waals surface area contributed by atoms with Gasteiger partial charge in [0.05, 0.1) is 12.1 Å². The maximum atomic E-state index is 12.7. The standard InChI is InChI=1S/C29H32N2O2/c1-22-12-13-27-26(18-22)28(32)30-21-29(33-27)16-14-25(15-17-29)31(19-23-8-4-2-5-9-23)20-24-10-6-3-7-11-24/h2-13,18,25H,14-17,19-21H2,1H3,(H,30,32). The highest BCUT2D eigenvalue weighted by Crippen LogP contribution is 2.38. The topological polar surface area (TPSA) is 41.6 Å². The SMILES string of the molecule is Cc1ccc2c(c1)C(=O)NCC1(CCC(N(Cc3ccccc3)Cc3ccccc3)CC1)O2. The molecule has 0 unspecified atom stereocenters. The summed E-state index contributed by atoms with van der Waals surface area (Å²) in [6, 6.07) is 27.9. The molecule has 170 valence electrons. The van der Waals surface area contributed by atoms with Gasteiger partial charge in [0.15, 0.2) is 0 Å². The zero-order valence-electron chi connectivity index (χ0n) is 19.3. The van der Waals surface area contributed by atoms with E-state index in [0.29, 0.717) is 18.2 Å². The van der Waals surface area contributed by atoms with E-state index in [1.807, 2.05) is 25.1 Å². The molecule has 1 aliphatic heterocycles. The van der Waals surface area contributed by atoms with Crippen molar-refractivity contribution in [1.82, 2.24) is 10.2 Å². The van der Waals surface area contributed by atoms with Crippen LogP contribution in [0, 0.1) is 6.92 Å². The smallest absolute Gasteiger partial charge is 0.255 e. The molecule has 0 saturated heterocycles. The van der Waals surface area contributed by atoms with E-state index >= 15 is 0 Å². The molecule has 1 aliphatic carbocycles. The lowest BCUT2D eigenvalue weighted by Crippen LogP contribution is -2.51. The Morgan fingerprint density at radius 2 is 1.52 bits per heavy atom. The maximum Gasteiger partial charge on any atom is 0.255 e. The summed E-state index contributed by atoms with van der Waals surface area (Å²) in [6.45, 7) is 4.46. The summed E-state index contributed by atoms with van der Waals surface area (Å²) >= 11 is 0. The highest BCUT2D eigenvalue weighted by molar-refractivity contribution is 5.97. The summed E-state index contributed by atoms with van der Waals surface area (Å²) in [5, 5.41) is 3.13. The number of hydrogen-bond donors (Lipinski definition) is 1. The number of fused-ring (bicyclic) bond motifs is 1. The predicted molar refractivity (Wildman–Crippen MR) is 131 cm³/mol. The van der Waals surface area contributed by atoms with Crippen molar-refractivity contribution in [3.05, 3.63) is 101 Å². The van der Waals surface area contributed by atoms with E-state index < -0.39 is 0 Å². The average molecular weight is 441 g/mol. The van der Waals surface area contributed by atoms with E-state index in [-0.39, 0.29) is 11.5 Å². The number of nitrogens with one attached hydrogen (secondary N) is 1.